The molecule has 39 heavy (non-hydrogen) atoms. The zero-order chi connectivity index (χ0) is 27.6. The number of amides is 2. The van der Waals surface area contributed by atoms with Gasteiger partial charge in [0.15, 0.2) is 0 Å². The van der Waals surface area contributed by atoms with Crippen LogP contribution in [0.2, 0.25) is 0 Å². The lowest BCUT2D eigenvalue weighted by atomic mass is 9.99. The van der Waals surface area contributed by atoms with Crippen molar-refractivity contribution < 1.29 is 4.79 Å². The number of aryl methyl sites for hydroxylation is 1. The number of nitrogens with one attached hydrogen (secondary N) is 4. The molecule has 5 rings (SSSR count). The summed E-state index contributed by atoms with van der Waals surface area (Å²) in [5, 5.41) is 11.6. The summed E-state index contributed by atoms with van der Waals surface area (Å²) in [7, 11) is 0. The number of hydrazine groups is 1. The van der Waals surface area contributed by atoms with Crippen LogP contribution >= 0.6 is 0 Å². The highest BCUT2D eigenvalue weighted by Crippen LogP contribution is 2.26. The average molecular weight is 523 g/mol. The maximum absolute atomic E-state index is 12.8. The second-order valence-electron chi connectivity index (χ2n) is 9.19. The highest BCUT2D eigenvalue weighted by Gasteiger charge is 2.28. The Morgan fingerprint density at radius 2 is 1.54 bits per heavy atom. The van der Waals surface area contributed by atoms with Crippen molar-refractivity contribution >= 4 is 17.6 Å². The van der Waals surface area contributed by atoms with E-state index in [1.165, 1.54) is 11.1 Å². The van der Waals surface area contributed by atoms with Crippen molar-refractivity contribution in [1.82, 2.24) is 26.4 Å². The van der Waals surface area contributed by atoms with Crippen molar-refractivity contribution in [3.63, 3.8) is 0 Å². The van der Waals surface area contributed by atoms with Crippen LogP contribution in [0.25, 0.3) is 5.70 Å². The number of benzene rings is 3. The highest BCUT2D eigenvalue weighted by atomic mass is 16.2. The van der Waals surface area contributed by atoms with Gasteiger partial charge in [0.05, 0.1) is 18.3 Å². The van der Waals surface area contributed by atoms with Gasteiger partial charge in [-0.2, -0.15) is 0 Å². The van der Waals surface area contributed by atoms with Gasteiger partial charge in [-0.1, -0.05) is 98.8 Å². The summed E-state index contributed by atoms with van der Waals surface area (Å²) in [6.07, 6.45) is 2.05. The SMILES string of the molecule is CC.CC1=C2NC(c3ccccc3C)=CC(=NCCNC(=O)NC(c3ccccc3)c3ccccc3)N2NC1. The zero-order valence-corrected chi connectivity index (χ0v) is 23.2. The maximum Gasteiger partial charge on any atom is 0.315 e. The van der Waals surface area contributed by atoms with E-state index in [1.54, 1.807) is 0 Å². The first-order valence-corrected chi connectivity index (χ1v) is 13.6. The van der Waals surface area contributed by atoms with Crippen LogP contribution in [-0.4, -0.2) is 36.5 Å². The molecular weight excluding hydrogens is 484 g/mol. The molecule has 2 heterocycles. The number of nitrogens with zero attached hydrogens (tertiary/aromatic N) is 2. The molecule has 4 N–H and O–H groups in total. The molecule has 2 aliphatic rings. The van der Waals surface area contributed by atoms with E-state index in [0.717, 1.165) is 40.6 Å². The van der Waals surface area contributed by atoms with E-state index in [4.69, 9.17) is 4.99 Å². The molecular formula is C32H38N6O. The molecule has 0 aliphatic carbocycles. The Bertz CT molecular complexity index is 1310. The Balaban J connectivity index is 0.00000172. The van der Waals surface area contributed by atoms with Crippen molar-refractivity contribution in [2.45, 2.75) is 33.7 Å². The minimum atomic E-state index is -0.234. The van der Waals surface area contributed by atoms with Crippen molar-refractivity contribution in [3.8, 4) is 0 Å². The van der Waals surface area contributed by atoms with Gasteiger partial charge in [-0.25, -0.2) is 15.2 Å². The molecule has 0 fully saturated rings. The summed E-state index contributed by atoms with van der Waals surface area (Å²) in [5.74, 6) is 1.83. The fourth-order valence-electron chi connectivity index (χ4n) is 4.58. The summed E-state index contributed by atoms with van der Waals surface area (Å²) in [5.41, 5.74) is 10.0. The van der Waals surface area contributed by atoms with Gasteiger partial charge in [-0.15, -0.1) is 0 Å². The topological polar surface area (TPSA) is 80.8 Å². The Morgan fingerprint density at radius 3 is 2.18 bits per heavy atom. The predicted molar refractivity (Wildman–Crippen MR) is 160 cm³/mol. The van der Waals surface area contributed by atoms with Crippen LogP contribution in [0.1, 0.15) is 49.1 Å². The Kier molecular flexibility index (Phi) is 9.53. The molecule has 0 aromatic heterocycles. The molecule has 0 spiro atoms. The second-order valence-corrected chi connectivity index (χ2v) is 9.19. The van der Waals surface area contributed by atoms with Gasteiger partial charge in [0.2, 0.25) is 0 Å². The van der Waals surface area contributed by atoms with Crippen LogP contribution in [-0.2, 0) is 0 Å². The molecule has 7 nitrogen and oxygen atoms in total. The van der Waals surface area contributed by atoms with Crippen LogP contribution in [0, 0.1) is 6.92 Å². The molecule has 0 saturated heterocycles. The molecule has 0 saturated carbocycles. The third-order valence-electron chi connectivity index (χ3n) is 6.53. The van der Waals surface area contributed by atoms with Gasteiger partial charge in [0, 0.05) is 24.7 Å². The highest BCUT2D eigenvalue weighted by molar-refractivity contribution is 6.02. The van der Waals surface area contributed by atoms with E-state index in [0.29, 0.717) is 13.1 Å². The molecule has 2 aliphatic heterocycles. The maximum atomic E-state index is 12.8. The number of hydrogen-bond donors (Lipinski definition) is 4. The van der Waals surface area contributed by atoms with Crippen LogP contribution in [0.5, 0.6) is 0 Å². The monoisotopic (exact) mass is 522 g/mol. The molecule has 202 valence electrons. The first-order chi connectivity index (χ1) is 19.1. The summed E-state index contributed by atoms with van der Waals surface area (Å²) in [4.78, 5) is 17.6. The Hall–Kier alpha value is -4.36. The number of carbonyl (C=O) groups is 1. The van der Waals surface area contributed by atoms with Crippen LogP contribution in [0.3, 0.4) is 0 Å². The first kappa shape index (κ1) is 27.7. The predicted octanol–water partition coefficient (Wildman–Crippen LogP) is 5.50. The van der Waals surface area contributed by atoms with E-state index in [9.17, 15) is 4.79 Å². The fraction of sp³-hybridized carbons (Fsp3) is 0.250. The van der Waals surface area contributed by atoms with Crippen LogP contribution in [0.4, 0.5) is 4.79 Å². The van der Waals surface area contributed by atoms with Gasteiger partial charge in [-0.05, 0) is 36.1 Å². The van der Waals surface area contributed by atoms with Crippen LogP contribution in [0.15, 0.2) is 107 Å². The van der Waals surface area contributed by atoms with Gasteiger partial charge in [-0.3, -0.25) is 4.99 Å². The summed E-state index contributed by atoms with van der Waals surface area (Å²) < 4.78 is 0. The normalized spacial score (nSPS) is 15.3. The van der Waals surface area contributed by atoms with Gasteiger partial charge in [0.25, 0.3) is 0 Å². The number of amidine groups is 1. The molecule has 0 unspecified atom stereocenters. The number of aliphatic imine (C=N–C) groups is 1. The van der Waals surface area contributed by atoms with E-state index < -0.39 is 0 Å². The van der Waals surface area contributed by atoms with Gasteiger partial charge >= 0.3 is 6.03 Å². The second kappa shape index (κ2) is 13.4. The smallest absolute Gasteiger partial charge is 0.315 e. The third kappa shape index (κ3) is 6.75. The molecule has 0 atom stereocenters. The number of hydrogen-bond acceptors (Lipinski definition) is 4. The quantitative estimate of drug-likeness (QED) is 0.309. The fourth-order valence-corrected chi connectivity index (χ4v) is 4.58. The zero-order valence-electron chi connectivity index (χ0n) is 23.2. The molecule has 0 radical (unpaired) electrons. The Morgan fingerprint density at radius 1 is 0.923 bits per heavy atom. The van der Waals surface area contributed by atoms with Gasteiger partial charge in [0.1, 0.15) is 11.7 Å². The summed E-state index contributed by atoms with van der Waals surface area (Å²) in [6, 6.07) is 27.8. The van der Waals surface area contributed by atoms with E-state index in [-0.39, 0.29) is 12.1 Å². The summed E-state index contributed by atoms with van der Waals surface area (Å²) in [6.45, 7) is 9.84. The van der Waals surface area contributed by atoms with E-state index in [1.807, 2.05) is 91.7 Å². The molecule has 3 aromatic carbocycles. The van der Waals surface area contributed by atoms with E-state index >= 15 is 0 Å². The van der Waals surface area contributed by atoms with E-state index in [2.05, 4.69) is 53.4 Å². The summed E-state index contributed by atoms with van der Waals surface area (Å²) >= 11 is 0. The number of urea groups is 1. The minimum absolute atomic E-state index is 0.227. The minimum Gasteiger partial charge on any atom is -0.340 e. The largest absolute Gasteiger partial charge is 0.340 e. The molecule has 2 amide bonds. The number of fused-ring (bicyclic) bond motifs is 1. The lowest BCUT2D eigenvalue weighted by Crippen LogP contribution is -2.44. The van der Waals surface area contributed by atoms with Crippen molar-refractivity contribution in [3.05, 3.63) is 125 Å². The van der Waals surface area contributed by atoms with Crippen LogP contribution < -0.4 is 21.4 Å². The van der Waals surface area contributed by atoms with Crippen molar-refractivity contribution in [2.24, 2.45) is 4.99 Å². The first-order valence-electron chi connectivity index (χ1n) is 13.6. The average Bonchev–Trinajstić information content (AvgIpc) is 3.36. The molecule has 0 bridgehead atoms. The molecule has 7 heteroatoms. The number of carbonyl (C=O) groups excluding carboxylic acids is 1. The van der Waals surface area contributed by atoms with Gasteiger partial charge < -0.3 is 16.0 Å². The lowest BCUT2D eigenvalue weighted by Gasteiger charge is -2.30. The standard InChI is InChI=1S/C30H32N6O.C2H6/c1-21-11-9-10-16-25(21)26-19-27(36-29(34-26)22(2)20-33-36)31-17-18-32-30(37)35-28(23-12-5-3-6-13-23)24-14-7-4-8-15-24;1-2/h3-16,19,28,33-34H,17-18,20H2,1-2H3,(H2,32,35,37);1-2H3. The Labute approximate surface area is 231 Å². The third-order valence-corrected chi connectivity index (χ3v) is 6.53. The molecule has 3 aromatic rings. The van der Waals surface area contributed by atoms with Crippen molar-refractivity contribution in [2.75, 3.05) is 19.6 Å². The lowest BCUT2D eigenvalue weighted by molar-refractivity contribution is 0.239. The van der Waals surface area contributed by atoms with Crippen molar-refractivity contribution in [1.29, 1.82) is 0 Å². The number of rotatable bonds is 7.